The van der Waals surface area contributed by atoms with E-state index < -0.39 is 0 Å². The molecule has 0 amide bonds. The summed E-state index contributed by atoms with van der Waals surface area (Å²) < 4.78 is 8.84. The second-order valence-electron chi connectivity index (χ2n) is 4.44. The summed E-state index contributed by atoms with van der Waals surface area (Å²) in [6.07, 6.45) is 2.95. The number of halogens is 1. The molecule has 0 saturated carbocycles. The van der Waals surface area contributed by atoms with Crippen LogP contribution in [-0.2, 0) is 19.6 Å². The summed E-state index contributed by atoms with van der Waals surface area (Å²) in [5.41, 5.74) is 3.33. The van der Waals surface area contributed by atoms with Gasteiger partial charge in [-0.1, -0.05) is 15.9 Å². The minimum absolute atomic E-state index is 0.0596. The Bertz CT molecular complexity index is 577. The Kier molecular flexibility index (Phi) is 3.14. The molecular formula is C14H14BrNO2. The van der Waals surface area contributed by atoms with E-state index in [-0.39, 0.29) is 6.61 Å². The molecule has 0 saturated heterocycles. The molecule has 1 aromatic heterocycles. The minimum Gasteiger partial charge on any atom is -0.493 e. The molecule has 0 spiro atoms. The lowest BCUT2D eigenvalue weighted by Crippen LogP contribution is -2.04. The van der Waals surface area contributed by atoms with Gasteiger partial charge in [0, 0.05) is 28.3 Å². The SMILES string of the molecule is OCc1cccn1Cc1cc(Br)cc2c1OCC2. The molecule has 3 nitrogen and oxygen atoms in total. The van der Waals surface area contributed by atoms with Crippen LogP contribution in [-0.4, -0.2) is 16.3 Å². The molecule has 4 heteroatoms. The fourth-order valence-corrected chi connectivity index (χ4v) is 2.95. The van der Waals surface area contributed by atoms with Crippen molar-refractivity contribution in [2.45, 2.75) is 19.6 Å². The number of aromatic nitrogens is 1. The first-order valence-corrected chi connectivity index (χ1v) is 6.76. The zero-order chi connectivity index (χ0) is 12.5. The van der Waals surface area contributed by atoms with Crippen LogP contribution in [0.25, 0.3) is 0 Å². The number of nitrogens with zero attached hydrogens (tertiary/aromatic N) is 1. The molecule has 0 bridgehead atoms. The number of ether oxygens (including phenoxy) is 1. The molecule has 0 atom stereocenters. The van der Waals surface area contributed by atoms with E-state index in [0.717, 1.165) is 41.1 Å². The average molecular weight is 308 g/mol. The van der Waals surface area contributed by atoms with E-state index in [0.29, 0.717) is 0 Å². The molecule has 1 aromatic carbocycles. The molecule has 2 aromatic rings. The smallest absolute Gasteiger partial charge is 0.127 e. The summed E-state index contributed by atoms with van der Waals surface area (Å²) in [5.74, 6) is 1.01. The van der Waals surface area contributed by atoms with Crippen LogP contribution in [0.15, 0.2) is 34.9 Å². The normalized spacial score (nSPS) is 13.4. The van der Waals surface area contributed by atoms with E-state index in [2.05, 4.69) is 28.1 Å². The predicted octanol–water partition coefficient (Wildman–Crippen LogP) is 2.73. The van der Waals surface area contributed by atoms with E-state index >= 15 is 0 Å². The van der Waals surface area contributed by atoms with E-state index in [9.17, 15) is 5.11 Å². The first kappa shape index (κ1) is 11.8. The Morgan fingerprint density at radius 1 is 1.39 bits per heavy atom. The van der Waals surface area contributed by atoms with Gasteiger partial charge in [-0.05, 0) is 29.8 Å². The monoisotopic (exact) mass is 307 g/mol. The van der Waals surface area contributed by atoms with E-state index in [1.807, 2.05) is 22.9 Å². The topological polar surface area (TPSA) is 34.4 Å². The molecule has 1 N–H and O–H groups in total. The van der Waals surface area contributed by atoms with E-state index in [4.69, 9.17) is 4.74 Å². The molecule has 1 aliphatic rings. The quantitative estimate of drug-likeness (QED) is 0.946. The fraction of sp³-hybridized carbons (Fsp3) is 0.286. The van der Waals surface area contributed by atoms with Crippen LogP contribution in [0.1, 0.15) is 16.8 Å². The first-order chi connectivity index (χ1) is 8.78. The van der Waals surface area contributed by atoms with Crippen LogP contribution in [0.3, 0.4) is 0 Å². The van der Waals surface area contributed by atoms with Crippen molar-refractivity contribution in [2.24, 2.45) is 0 Å². The summed E-state index contributed by atoms with van der Waals surface area (Å²) in [7, 11) is 0. The number of hydrogen-bond donors (Lipinski definition) is 1. The average Bonchev–Trinajstić information content (AvgIpc) is 2.96. The van der Waals surface area contributed by atoms with Crippen molar-refractivity contribution in [2.75, 3.05) is 6.61 Å². The van der Waals surface area contributed by atoms with Gasteiger partial charge in [-0.3, -0.25) is 0 Å². The predicted molar refractivity (Wildman–Crippen MR) is 72.8 cm³/mol. The van der Waals surface area contributed by atoms with Gasteiger partial charge in [0.25, 0.3) is 0 Å². The Labute approximate surface area is 114 Å². The van der Waals surface area contributed by atoms with Crippen molar-refractivity contribution >= 4 is 15.9 Å². The minimum atomic E-state index is 0.0596. The molecule has 1 aliphatic heterocycles. The molecule has 2 heterocycles. The molecule has 94 valence electrons. The highest BCUT2D eigenvalue weighted by molar-refractivity contribution is 9.10. The lowest BCUT2D eigenvalue weighted by Gasteiger charge is -2.12. The van der Waals surface area contributed by atoms with Gasteiger partial charge >= 0.3 is 0 Å². The van der Waals surface area contributed by atoms with Crippen LogP contribution in [0.4, 0.5) is 0 Å². The maximum atomic E-state index is 9.27. The Morgan fingerprint density at radius 3 is 3.11 bits per heavy atom. The zero-order valence-corrected chi connectivity index (χ0v) is 11.5. The zero-order valence-electron chi connectivity index (χ0n) is 9.90. The number of hydrogen-bond acceptors (Lipinski definition) is 2. The number of fused-ring (bicyclic) bond motifs is 1. The molecule has 0 aliphatic carbocycles. The van der Waals surface area contributed by atoms with Crippen molar-refractivity contribution < 1.29 is 9.84 Å². The molecule has 0 fully saturated rings. The van der Waals surface area contributed by atoms with Gasteiger partial charge in [0.1, 0.15) is 5.75 Å². The van der Waals surface area contributed by atoms with Gasteiger partial charge in [0.05, 0.1) is 19.8 Å². The van der Waals surface area contributed by atoms with Crippen molar-refractivity contribution in [3.05, 3.63) is 51.8 Å². The summed E-state index contributed by atoms with van der Waals surface area (Å²) in [6, 6.07) is 8.09. The van der Waals surface area contributed by atoms with Gasteiger partial charge < -0.3 is 14.4 Å². The maximum Gasteiger partial charge on any atom is 0.127 e. The van der Waals surface area contributed by atoms with Crippen molar-refractivity contribution in [1.29, 1.82) is 0 Å². The maximum absolute atomic E-state index is 9.27. The molecular weight excluding hydrogens is 294 g/mol. The van der Waals surface area contributed by atoms with Gasteiger partial charge in [0.15, 0.2) is 0 Å². The number of benzene rings is 1. The molecule has 0 radical (unpaired) electrons. The van der Waals surface area contributed by atoms with E-state index in [1.54, 1.807) is 0 Å². The Hall–Kier alpha value is -1.26. The van der Waals surface area contributed by atoms with Crippen LogP contribution in [0.5, 0.6) is 5.75 Å². The number of aliphatic hydroxyl groups excluding tert-OH is 1. The highest BCUT2D eigenvalue weighted by atomic mass is 79.9. The van der Waals surface area contributed by atoms with Crippen LogP contribution < -0.4 is 4.74 Å². The van der Waals surface area contributed by atoms with Crippen molar-refractivity contribution in [1.82, 2.24) is 4.57 Å². The molecule has 3 rings (SSSR count). The number of aliphatic hydroxyl groups is 1. The Morgan fingerprint density at radius 2 is 2.28 bits per heavy atom. The van der Waals surface area contributed by atoms with Crippen molar-refractivity contribution in [3.8, 4) is 5.75 Å². The summed E-state index contributed by atoms with van der Waals surface area (Å²) in [6.45, 7) is 1.55. The summed E-state index contributed by atoms with van der Waals surface area (Å²) in [5, 5.41) is 9.27. The first-order valence-electron chi connectivity index (χ1n) is 5.97. The van der Waals surface area contributed by atoms with Crippen LogP contribution in [0, 0.1) is 0 Å². The third kappa shape index (κ3) is 2.06. The molecule has 18 heavy (non-hydrogen) atoms. The van der Waals surface area contributed by atoms with Gasteiger partial charge in [-0.25, -0.2) is 0 Å². The van der Waals surface area contributed by atoms with E-state index in [1.165, 1.54) is 5.56 Å². The second kappa shape index (κ2) is 4.78. The molecule has 0 unspecified atom stereocenters. The fourth-order valence-electron chi connectivity index (χ4n) is 2.39. The van der Waals surface area contributed by atoms with Gasteiger partial charge in [-0.2, -0.15) is 0 Å². The van der Waals surface area contributed by atoms with Crippen LogP contribution in [0.2, 0.25) is 0 Å². The van der Waals surface area contributed by atoms with Crippen molar-refractivity contribution in [3.63, 3.8) is 0 Å². The Balaban J connectivity index is 1.98. The van der Waals surface area contributed by atoms with Gasteiger partial charge in [-0.15, -0.1) is 0 Å². The summed E-state index contributed by atoms with van der Waals surface area (Å²) in [4.78, 5) is 0. The highest BCUT2D eigenvalue weighted by Crippen LogP contribution is 2.33. The van der Waals surface area contributed by atoms with Gasteiger partial charge in [0.2, 0.25) is 0 Å². The lowest BCUT2D eigenvalue weighted by atomic mass is 10.1. The lowest BCUT2D eigenvalue weighted by molar-refractivity contribution is 0.271. The largest absolute Gasteiger partial charge is 0.493 e. The highest BCUT2D eigenvalue weighted by Gasteiger charge is 2.17. The summed E-state index contributed by atoms with van der Waals surface area (Å²) >= 11 is 3.54. The number of rotatable bonds is 3. The van der Waals surface area contributed by atoms with Crippen LogP contribution >= 0.6 is 15.9 Å². The second-order valence-corrected chi connectivity index (χ2v) is 5.35. The third-order valence-corrected chi connectivity index (χ3v) is 3.71. The third-order valence-electron chi connectivity index (χ3n) is 3.25. The standard InChI is InChI=1S/C14H14BrNO2/c15-12-6-10-3-5-18-14(10)11(7-12)8-16-4-1-2-13(16)9-17/h1-2,4,6-7,17H,3,5,8-9H2.